The van der Waals surface area contributed by atoms with E-state index in [1.54, 1.807) is 22.8 Å². The molecule has 0 aliphatic rings. The summed E-state index contributed by atoms with van der Waals surface area (Å²) in [6.45, 7) is 5.87. The Morgan fingerprint density at radius 1 is 1.07 bits per heavy atom. The number of hydrogen-bond acceptors (Lipinski definition) is 6. The highest BCUT2D eigenvalue weighted by molar-refractivity contribution is 7.99. The highest BCUT2D eigenvalue weighted by Crippen LogP contribution is 2.35. The van der Waals surface area contributed by atoms with E-state index in [9.17, 15) is 4.79 Å². The van der Waals surface area contributed by atoms with E-state index in [1.807, 2.05) is 51.1 Å². The van der Waals surface area contributed by atoms with Crippen molar-refractivity contribution in [3.05, 3.63) is 69.8 Å². The molecule has 0 spiro atoms. The first-order chi connectivity index (χ1) is 13.9. The van der Waals surface area contributed by atoms with E-state index in [0.717, 1.165) is 5.56 Å². The van der Waals surface area contributed by atoms with Crippen molar-refractivity contribution in [1.82, 2.24) is 19.7 Å². The minimum Gasteiger partial charge on any atom is -0.419 e. The van der Waals surface area contributed by atoms with Crippen molar-refractivity contribution in [1.29, 1.82) is 0 Å². The first kappa shape index (κ1) is 19.7. The molecule has 0 saturated carbocycles. The first-order valence-corrected chi connectivity index (χ1v) is 10.5. The Morgan fingerprint density at radius 2 is 1.83 bits per heavy atom. The maximum Gasteiger partial charge on any atom is 0.262 e. The van der Waals surface area contributed by atoms with Crippen LogP contribution in [-0.2, 0) is 0 Å². The molecule has 0 radical (unpaired) electrons. The topological polar surface area (TPSA) is 73.8 Å². The lowest BCUT2D eigenvalue weighted by Crippen LogP contribution is -2.25. The number of rotatable bonds is 5. The molecule has 0 aliphatic carbocycles. The fourth-order valence-corrected chi connectivity index (χ4v) is 4.23. The van der Waals surface area contributed by atoms with Gasteiger partial charge in [-0.05, 0) is 51.1 Å². The predicted molar refractivity (Wildman–Crippen MR) is 115 cm³/mol. The molecular weight excluding hydrogens is 408 g/mol. The third kappa shape index (κ3) is 3.93. The monoisotopic (exact) mass is 426 g/mol. The van der Waals surface area contributed by atoms with Crippen molar-refractivity contribution in [2.75, 3.05) is 0 Å². The van der Waals surface area contributed by atoms with Gasteiger partial charge >= 0.3 is 0 Å². The molecule has 0 aliphatic heterocycles. The van der Waals surface area contributed by atoms with Crippen LogP contribution in [0.5, 0.6) is 0 Å². The molecule has 0 fully saturated rings. The van der Waals surface area contributed by atoms with Crippen molar-refractivity contribution in [3.8, 4) is 11.5 Å². The Balaban J connectivity index is 1.71. The second-order valence-corrected chi connectivity index (χ2v) is 8.64. The highest BCUT2D eigenvalue weighted by Gasteiger charge is 2.21. The largest absolute Gasteiger partial charge is 0.419 e. The van der Waals surface area contributed by atoms with Gasteiger partial charge in [-0.25, -0.2) is 4.98 Å². The maximum absolute atomic E-state index is 13.0. The lowest BCUT2D eigenvalue weighted by molar-refractivity contribution is 0.502. The van der Waals surface area contributed by atoms with Gasteiger partial charge in [0, 0.05) is 16.6 Å². The first-order valence-electron chi connectivity index (χ1n) is 9.21. The smallest absolute Gasteiger partial charge is 0.262 e. The zero-order chi connectivity index (χ0) is 20.5. The molecule has 29 heavy (non-hydrogen) atoms. The van der Waals surface area contributed by atoms with E-state index in [2.05, 4.69) is 10.2 Å². The Morgan fingerprint density at radius 3 is 2.55 bits per heavy atom. The summed E-state index contributed by atoms with van der Waals surface area (Å²) in [5, 5.41) is 9.83. The summed E-state index contributed by atoms with van der Waals surface area (Å²) in [7, 11) is 0. The fourth-order valence-electron chi connectivity index (χ4n) is 2.99. The minimum atomic E-state index is -0.187. The van der Waals surface area contributed by atoms with E-state index >= 15 is 0 Å². The van der Waals surface area contributed by atoms with Crippen LogP contribution >= 0.6 is 23.4 Å². The molecule has 2 aromatic carbocycles. The quantitative estimate of drug-likeness (QED) is 0.308. The second-order valence-electron chi connectivity index (χ2n) is 6.90. The summed E-state index contributed by atoms with van der Waals surface area (Å²) >= 11 is 7.51. The van der Waals surface area contributed by atoms with E-state index in [4.69, 9.17) is 21.0 Å². The van der Waals surface area contributed by atoms with Gasteiger partial charge in [-0.2, -0.15) is 0 Å². The normalized spacial score (nSPS) is 12.6. The van der Waals surface area contributed by atoms with E-state index < -0.39 is 0 Å². The highest BCUT2D eigenvalue weighted by atomic mass is 35.5. The van der Waals surface area contributed by atoms with Crippen molar-refractivity contribution >= 4 is 34.3 Å². The summed E-state index contributed by atoms with van der Waals surface area (Å²) in [6.07, 6.45) is 0. The Kier molecular flexibility index (Phi) is 5.43. The lowest BCUT2D eigenvalue weighted by atomic mass is 10.2. The molecule has 2 heterocycles. The molecule has 0 saturated heterocycles. The predicted octanol–water partition coefficient (Wildman–Crippen LogP) is 5.53. The molecule has 0 bridgehead atoms. The average Bonchev–Trinajstić information content (AvgIpc) is 3.18. The van der Waals surface area contributed by atoms with E-state index in [-0.39, 0.29) is 16.9 Å². The summed E-state index contributed by atoms with van der Waals surface area (Å²) in [6, 6.07) is 14.7. The van der Waals surface area contributed by atoms with Gasteiger partial charge in [0.2, 0.25) is 11.8 Å². The Bertz CT molecular complexity index is 1220. The van der Waals surface area contributed by atoms with Gasteiger partial charge < -0.3 is 4.42 Å². The van der Waals surface area contributed by atoms with Crippen molar-refractivity contribution in [3.63, 3.8) is 0 Å². The van der Waals surface area contributed by atoms with Crippen LogP contribution in [0.4, 0.5) is 0 Å². The molecule has 0 amide bonds. The molecule has 6 nitrogen and oxygen atoms in total. The molecule has 1 atom stereocenters. The maximum atomic E-state index is 13.0. The molecule has 0 N–H and O–H groups in total. The molecule has 2 aromatic heterocycles. The van der Waals surface area contributed by atoms with Gasteiger partial charge in [-0.15, -0.1) is 10.2 Å². The van der Waals surface area contributed by atoms with Crippen LogP contribution in [0.2, 0.25) is 5.02 Å². The standard InChI is InChI=1S/C21H19ClN4O2S/c1-12(2)26-20(27)16-10-9-15(22)11-17(16)23-21(26)29-13(3)18-24-25-19(28-18)14-7-5-4-6-8-14/h4-13H,1-3H3. The number of nitrogens with zero attached hydrogens (tertiary/aromatic N) is 4. The Labute approximate surface area is 176 Å². The van der Waals surface area contributed by atoms with Crippen LogP contribution in [0.25, 0.3) is 22.4 Å². The number of aromatic nitrogens is 4. The minimum absolute atomic E-state index is 0.0488. The van der Waals surface area contributed by atoms with Gasteiger partial charge in [0.1, 0.15) is 0 Å². The SMILES string of the molecule is CC(Sc1nc2cc(Cl)ccc2c(=O)n1C(C)C)c1nnc(-c2ccccc2)o1. The summed E-state index contributed by atoms with van der Waals surface area (Å²) in [5.74, 6) is 0.942. The molecule has 1 unspecified atom stereocenters. The van der Waals surface area contributed by atoms with Crippen molar-refractivity contribution in [2.45, 2.75) is 37.2 Å². The third-order valence-corrected chi connectivity index (χ3v) is 5.73. The lowest BCUT2D eigenvalue weighted by Gasteiger charge is -2.17. The van der Waals surface area contributed by atoms with Crippen molar-refractivity contribution < 1.29 is 4.42 Å². The fraction of sp³-hybridized carbons (Fsp3) is 0.238. The molecule has 4 aromatic rings. The van der Waals surface area contributed by atoms with Crippen LogP contribution in [0.15, 0.2) is 62.9 Å². The molecule has 8 heteroatoms. The van der Waals surface area contributed by atoms with Crippen LogP contribution < -0.4 is 5.56 Å². The third-order valence-electron chi connectivity index (χ3n) is 4.44. The van der Waals surface area contributed by atoms with Crippen LogP contribution in [-0.4, -0.2) is 19.7 Å². The zero-order valence-electron chi connectivity index (χ0n) is 16.2. The zero-order valence-corrected chi connectivity index (χ0v) is 17.7. The summed E-state index contributed by atoms with van der Waals surface area (Å²) in [4.78, 5) is 17.7. The van der Waals surface area contributed by atoms with Gasteiger partial charge in [0.25, 0.3) is 5.56 Å². The average molecular weight is 427 g/mol. The molecule has 4 rings (SSSR count). The number of thioether (sulfide) groups is 1. The van der Waals surface area contributed by atoms with Gasteiger partial charge in [-0.1, -0.05) is 41.6 Å². The van der Waals surface area contributed by atoms with Crippen LogP contribution in [0.3, 0.4) is 0 Å². The van der Waals surface area contributed by atoms with Gasteiger partial charge in [0.05, 0.1) is 16.2 Å². The molecular formula is C21H19ClN4O2S. The number of halogens is 1. The summed E-state index contributed by atoms with van der Waals surface area (Å²) in [5.41, 5.74) is 1.34. The second kappa shape index (κ2) is 8.00. The Hall–Kier alpha value is -2.64. The van der Waals surface area contributed by atoms with E-state index in [1.165, 1.54) is 11.8 Å². The van der Waals surface area contributed by atoms with Crippen molar-refractivity contribution in [2.24, 2.45) is 0 Å². The number of hydrogen-bond donors (Lipinski definition) is 0. The van der Waals surface area contributed by atoms with Gasteiger partial charge in [-0.3, -0.25) is 9.36 Å². The molecule has 148 valence electrons. The number of fused-ring (bicyclic) bond motifs is 1. The van der Waals surface area contributed by atoms with Gasteiger partial charge in [0.15, 0.2) is 5.16 Å². The number of benzene rings is 2. The van der Waals surface area contributed by atoms with Crippen LogP contribution in [0.1, 0.15) is 38.0 Å². The van der Waals surface area contributed by atoms with Crippen LogP contribution in [0, 0.1) is 0 Å². The summed E-state index contributed by atoms with van der Waals surface area (Å²) < 4.78 is 7.55. The van der Waals surface area contributed by atoms with E-state index in [0.29, 0.717) is 32.9 Å².